The van der Waals surface area contributed by atoms with Crippen LogP contribution in [0.3, 0.4) is 0 Å². The smallest absolute Gasteiger partial charge is 0.219 e. The maximum Gasteiger partial charge on any atom is 0.219 e. The third kappa shape index (κ3) is 4.02. The molecule has 1 heterocycles. The molecule has 0 bridgehead atoms. The Labute approximate surface area is 125 Å². The van der Waals surface area contributed by atoms with E-state index in [0.717, 1.165) is 23.4 Å². The summed E-state index contributed by atoms with van der Waals surface area (Å²) in [6.45, 7) is 6.76. The van der Waals surface area contributed by atoms with Crippen molar-refractivity contribution in [2.45, 2.75) is 33.2 Å². The topological polar surface area (TPSA) is 34.1 Å². The fraction of sp³-hybridized carbons (Fsp3) is 0.353. The third-order valence-electron chi connectivity index (χ3n) is 3.16. The second-order valence-corrected chi connectivity index (χ2v) is 5.46. The first kappa shape index (κ1) is 15.4. The Bertz CT molecular complexity index is 626. The van der Waals surface area contributed by atoms with Crippen molar-refractivity contribution in [1.29, 1.82) is 0 Å². The molecule has 0 saturated heterocycles. The predicted molar refractivity (Wildman–Crippen MR) is 82.3 cm³/mol. The molecule has 1 aromatic carbocycles. The van der Waals surface area contributed by atoms with Gasteiger partial charge in [0.05, 0.1) is 0 Å². The summed E-state index contributed by atoms with van der Waals surface area (Å²) >= 11 is 0. The summed E-state index contributed by atoms with van der Waals surface area (Å²) in [6, 6.07) is 8.68. The highest BCUT2D eigenvalue weighted by Gasteiger charge is 2.10. The lowest BCUT2D eigenvalue weighted by molar-refractivity contribution is 0.424. The van der Waals surface area contributed by atoms with Crippen molar-refractivity contribution in [3.05, 3.63) is 53.0 Å². The van der Waals surface area contributed by atoms with Crippen molar-refractivity contribution in [2.24, 2.45) is 0 Å². The van der Waals surface area contributed by atoms with Gasteiger partial charge >= 0.3 is 0 Å². The van der Waals surface area contributed by atoms with E-state index in [1.54, 1.807) is 12.1 Å². The number of hydrogen-bond donors (Lipinski definition) is 1. The van der Waals surface area contributed by atoms with Gasteiger partial charge in [0.25, 0.3) is 0 Å². The van der Waals surface area contributed by atoms with Crippen LogP contribution in [0.25, 0.3) is 0 Å². The molecule has 0 radical (unpaired) electrons. The van der Waals surface area contributed by atoms with Crippen molar-refractivity contribution in [1.82, 2.24) is 10.3 Å². The van der Waals surface area contributed by atoms with Crippen molar-refractivity contribution in [3.8, 4) is 11.6 Å². The van der Waals surface area contributed by atoms with Crippen molar-refractivity contribution < 1.29 is 9.13 Å². The molecule has 2 aromatic rings. The van der Waals surface area contributed by atoms with Gasteiger partial charge in [-0.05, 0) is 49.2 Å². The molecule has 1 N–H and O–H groups in total. The van der Waals surface area contributed by atoms with Crippen LogP contribution in [0, 0.1) is 12.7 Å². The fourth-order valence-corrected chi connectivity index (χ4v) is 2.04. The van der Waals surface area contributed by atoms with Crippen LogP contribution in [-0.2, 0) is 6.54 Å². The Morgan fingerprint density at radius 1 is 1.24 bits per heavy atom. The summed E-state index contributed by atoms with van der Waals surface area (Å²) in [5, 5.41) is 3.10. The van der Waals surface area contributed by atoms with E-state index in [0.29, 0.717) is 5.88 Å². The molecule has 1 aromatic heterocycles. The number of halogens is 1. The maximum atomic E-state index is 13.8. The lowest BCUT2D eigenvalue weighted by Crippen LogP contribution is -2.07. The second-order valence-electron chi connectivity index (χ2n) is 5.46. The number of aryl methyl sites for hydroxylation is 1. The molecule has 2 rings (SSSR count). The van der Waals surface area contributed by atoms with Gasteiger partial charge in [-0.2, -0.15) is 0 Å². The van der Waals surface area contributed by atoms with E-state index in [2.05, 4.69) is 24.1 Å². The number of aromatic nitrogens is 1. The zero-order valence-electron chi connectivity index (χ0n) is 12.9. The molecule has 0 aliphatic heterocycles. The molecule has 0 fully saturated rings. The molecular formula is C17H21FN2O. The first-order valence-electron chi connectivity index (χ1n) is 7.09. The van der Waals surface area contributed by atoms with E-state index in [1.807, 2.05) is 26.1 Å². The quantitative estimate of drug-likeness (QED) is 0.897. The molecule has 4 heteroatoms. The molecule has 0 aliphatic carbocycles. The molecule has 0 spiro atoms. The van der Waals surface area contributed by atoms with E-state index >= 15 is 0 Å². The predicted octanol–water partition coefficient (Wildman–Crippen LogP) is 4.16. The number of pyridine rings is 1. The van der Waals surface area contributed by atoms with Crippen LogP contribution in [0.5, 0.6) is 11.6 Å². The first-order chi connectivity index (χ1) is 9.99. The van der Waals surface area contributed by atoms with Gasteiger partial charge in [-0.25, -0.2) is 9.37 Å². The Morgan fingerprint density at radius 3 is 2.67 bits per heavy atom. The number of hydrogen-bond acceptors (Lipinski definition) is 3. The molecule has 21 heavy (non-hydrogen) atoms. The minimum absolute atomic E-state index is 0.207. The van der Waals surface area contributed by atoms with E-state index in [-0.39, 0.29) is 17.5 Å². The maximum absolute atomic E-state index is 13.8. The summed E-state index contributed by atoms with van der Waals surface area (Å²) in [5.74, 6) is 0.536. The minimum Gasteiger partial charge on any atom is -0.436 e. The summed E-state index contributed by atoms with van der Waals surface area (Å²) in [5.41, 5.74) is 2.95. The Kier molecular flexibility index (Phi) is 4.91. The average Bonchev–Trinajstić information content (AvgIpc) is 2.43. The Hall–Kier alpha value is -1.94. The van der Waals surface area contributed by atoms with Crippen LogP contribution in [0.15, 0.2) is 30.3 Å². The Balaban J connectivity index is 2.36. The highest BCUT2D eigenvalue weighted by Crippen LogP contribution is 2.26. The highest BCUT2D eigenvalue weighted by molar-refractivity contribution is 5.34. The van der Waals surface area contributed by atoms with Crippen LogP contribution in [0.2, 0.25) is 0 Å². The third-order valence-corrected chi connectivity index (χ3v) is 3.16. The van der Waals surface area contributed by atoms with Crippen LogP contribution in [0.1, 0.15) is 36.6 Å². The van der Waals surface area contributed by atoms with E-state index < -0.39 is 0 Å². The number of nitrogens with one attached hydrogen (secondary N) is 1. The van der Waals surface area contributed by atoms with Gasteiger partial charge in [0.15, 0.2) is 11.6 Å². The molecule has 0 atom stereocenters. The van der Waals surface area contributed by atoms with Crippen LogP contribution >= 0.6 is 0 Å². The second kappa shape index (κ2) is 6.68. The Morgan fingerprint density at radius 2 is 2.00 bits per heavy atom. The molecule has 3 nitrogen and oxygen atoms in total. The summed E-state index contributed by atoms with van der Waals surface area (Å²) in [4.78, 5) is 4.46. The minimum atomic E-state index is -0.382. The number of nitrogens with zero attached hydrogens (tertiary/aromatic N) is 1. The van der Waals surface area contributed by atoms with E-state index in [9.17, 15) is 4.39 Å². The molecule has 0 aliphatic rings. The molecule has 0 saturated carbocycles. The number of ether oxygens (including phenoxy) is 1. The molecule has 0 unspecified atom stereocenters. The lowest BCUT2D eigenvalue weighted by Gasteiger charge is -2.12. The van der Waals surface area contributed by atoms with Crippen LogP contribution in [-0.4, -0.2) is 12.0 Å². The van der Waals surface area contributed by atoms with Gasteiger partial charge < -0.3 is 10.1 Å². The summed E-state index contributed by atoms with van der Waals surface area (Å²) < 4.78 is 19.5. The van der Waals surface area contributed by atoms with E-state index in [1.165, 1.54) is 6.07 Å². The number of benzene rings is 1. The zero-order chi connectivity index (χ0) is 15.4. The average molecular weight is 288 g/mol. The van der Waals surface area contributed by atoms with Crippen LogP contribution in [0.4, 0.5) is 4.39 Å². The molecule has 0 amide bonds. The monoisotopic (exact) mass is 288 g/mol. The van der Waals surface area contributed by atoms with Crippen LogP contribution < -0.4 is 10.1 Å². The highest BCUT2D eigenvalue weighted by atomic mass is 19.1. The summed E-state index contributed by atoms with van der Waals surface area (Å²) in [7, 11) is 1.89. The first-order valence-corrected chi connectivity index (χ1v) is 7.09. The standard InChI is InChI=1S/C17H21FN2O/c1-11(2)15-8-13(10-19-4)9-17(20-15)21-16-7-12(3)5-6-14(16)18/h5-9,11,19H,10H2,1-4H3. The SMILES string of the molecule is CNCc1cc(Oc2cc(C)ccc2F)nc(C(C)C)c1. The fourth-order valence-electron chi connectivity index (χ4n) is 2.04. The van der Waals surface area contributed by atoms with Crippen molar-refractivity contribution in [2.75, 3.05) is 7.05 Å². The lowest BCUT2D eigenvalue weighted by atomic mass is 10.1. The van der Waals surface area contributed by atoms with Crippen molar-refractivity contribution >= 4 is 0 Å². The largest absolute Gasteiger partial charge is 0.436 e. The molecular weight excluding hydrogens is 267 g/mol. The van der Waals surface area contributed by atoms with Gasteiger partial charge in [-0.15, -0.1) is 0 Å². The normalized spacial score (nSPS) is 11.0. The van der Waals surface area contributed by atoms with Gasteiger partial charge in [-0.1, -0.05) is 19.9 Å². The van der Waals surface area contributed by atoms with Gasteiger partial charge in [0.2, 0.25) is 5.88 Å². The van der Waals surface area contributed by atoms with Gasteiger partial charge in [-0.3, -0.25) is 0 Å². The summed E-state index contributed by atoms with van der Waals surface area (Å²) in [6.07, 6.45) is 0. The molecule has 112 valence electrons. The van der Waals surface area contributed by atoms with Gasteiger partial charge in [0, 0.05) is 18.3 Å². The zero-order valence-corrected chi connectivity index (χ0v) is 12.9. The van der Waals surface area contributed by atoms with Gasteiger partial charge in [0.1, 0.15) is 0 Å². The number of rotatable bonds is 5. The van der Waals surface area contributed by atoms with Crippen molar-refractivity contribution in [3.63, 3.8) is 0 Å². The van der Waals surface area contributed by atoms with E-state index in [4.69, 9.17) is 4.74 Å².